The zero-order valence-corrected chi connectivity index (χ0v) is 15.3. The summed E-state index contributed by atoms with van der Waals surface area (Å²) in [4.78, 5) is 26.3. The minimum Gasteiger partial charge on any atom is -0.325 e. The topological polar surface area (TPSA) is 49.4 Å². The molecule has 0 bridgehead atoms. The summed E-state index contributed by atoms with van der Waals surface area (Å²) in [6, 6.07) is 15.0. The molecule has 1 atom stereocenters. The van der Waals surface area contributed by atoms with Gasteiger partial charge in [0, 0.05) is 27.6 Å². The fraction of sp³-hybridized carbons (Fsp3) is 0.176. The summed E-state index contributed by atoms with van der Waals surface area (Å²) in [6.07, 6.45) is 0.231. The summed E-state index contributed by atoms with van der Waals surface area (Å²) in [5.41, 5.74) is 1.53. The van der Waals surface area contributed by atoms with Crippen LogP contribution in [-0.2, 0) is 9.59 Å². The van der Waals surface area contributed by atoms with Crippen molar-refractivity contribution < 1.29 is 9.59 Å². The molecule has 1 aliphatic rings. The van der Waals surface area contributed by atoms with Crippen molar-refractivity contribution in [2.45, 2.75) is 6.42 Å². The highest BCUT2D eigenvalue weighted by Gasteiger charge is 2.35. The molecular formula is C17H14Br2N2O2. The number of anilines is 2. The average Bonchev–Trinajstić information content (AvgIpc) is 2.93. The molecule has 1 aliphatic heterocycles. The smallest absolute Gasteiger partial charge is 0.229 e. The number of halogens is 2. The fourth-order valence-electron chi connectivity index (χ4n) is 2.57. The molecule has 0 unspecified atom stereocenters. The molecule has 1 N–H and O–H groups in total. The number of hydrogen-bond acceptors (Lipinski definition) is 2. The van der Waals surface area contributed by atoms with Gasteiger partial charge in [0.25, 0.3) is 0 Å². The first kappa shape index (κ1) is 16.2. The summed E-state index contributed by atoms with van der Waals surface area (Å²) < 4.78 is 1.72. The molecule has 4 nitrogen and oxygen atoms in total. The second kappa shape index (κ2) is 6.84. The van der Waals surface area contributed by atoms with Gasteiger partial charge in [0.1, 0.15) is 0 Å². The number of carbonyl (C=O) groups is 2. The molecule has 1 heterocycles. The van der Waals surface area contributed by atoms with Gasteiger partial charge in [-0.1, -0.05) is 34.1 Å². The molecule has 0 spiro atoms. The fourth-order valence-corrected chi connectivity index (χ4v) is 3.71. The normalized spacial score (nSPS) is 17.4. The van der Waals surface area contributed by atoms with Gasteiger partial charge >= 0.3 is 0 Å². The third-order valence-corrected chi connectivity index (χ3v) is 4.90. The van der Waals surface area contributed by atoms with Gasteiger partial charge in [0.2, 0.25) is 11.8 Å². The predicted octanol–water partition coefficient (Wildman–Crippen LogP) is 4.20. The Morgan fingerprint density at radius 1 is 1.13 bits per heavy atom. The Kier molecular flexibility index (Phi) is 4.82. The maximum Gasteiger partial charge on any atom is 0.229 e. The van der Waals surface area contributed by atoms with E-state index in [4.69, 9.17) is 0 Å². The maximum atomic E-state index is 12.5. The van der Waals surface area contributed by atoms with Gasteiger partial charge in [-0.15, -0.1) is 0 Å². The molecule has 6 heteroatoms. The van der Waals surface area contributed by atoms with Crippen molar-refractivity contribution in [3.63, 3.8) is 0 Å². The van der Waals surface area contributed by atoms with Crippen molar-refractivity contribution in [2.24, 2.45) is 5.92 Å². The van der Waals surface area contributed by atoms with Gasteiger partial charge in [-0.2, -0.15) is 0 Å². The van der Waals surface area contributed by atoms with Crippen molar-refractivity contribution >= 4 is 55.0 Å². The first-order chi connectivity index (χ1) is 11.0. The predicted molar refractivity (Wildman–Crippen MR) is 97.4 cm³/mol. The van der Waals surface area contributed by atoms with E-state index in [1.54, 1.807) is 4.90 Å². The number of amides is 2. The molecule has 3 rings (SSSR count). The highest BCUT2D eigenvalue weighted by molar-refractivity contribution is 9.11. The molecule has 0 radical (unpaired) electrons. The number of carbonyl (C=O) groups excluding carboxylic acids is 2. The molecule has 0 aliphatic carbocycles. The van der Waals surface area contributed by atoms with Crippen LogP contribution in [0.5, 0.6) is 0 Å². The second-order valence-electron chi connectivity index (χ2n) is 5.35. The molecule has 23 heavy (non-hydrogen) atoms. The molecule has 118 valence electrons. The number of hydrogen-bond donors (Lipinski definition) is 1. The van der Waals surface area contributed by atoms with Crippen molar-refractivity contribution in [1.29, 1.82) is 0 Å². The van der Waals surface area contributed by atoms with Crippen molar-refractivity contribution in [1.82, 2.24) is 0 Å². The third-order valence-electron chi connectivity index (χ3n) is 3.75. The second-order valence-corrected chi connectivity index (χ2v) is 7.12. The standard InChI is InChI=1S/C17H14Br2N2O2/c18-12-6-7-15(14(19)9-12)20-17(23)11-8-16(22)21(10-11)13-4-2-1-3-5-13/h1-7,9,11H,8,10H2,(H,20,23)/t11-/m0/s1. The molecule has 1 saturated heterocycles. The number of benzene rings is 2. The molecule has 0 saturated carbocycles. The average molecular weight is 438 g/mol. The van der Waals surface area contributed by atoms with Crippen molar-refractivity contribution in [3.05, 3.63) is 57.5 Å². The van der Waals surface area contributed by atoms with Gasteiger partial charge in [-0.05, 0) is 46.3 Å². The highest BCUT2D eigenvalue weighted by atomic mass is 79.9. The lowest BCUT2D eigenvalue weighted by Crippen LogP contribution is -2.28. The third kappa shape index (κ3) is 3.64. The Hall–Kier alpha value is -1.66. The van der Waals surface area contributed by atoms with Crippen LogP contribution in [-0.4, -0.2) is 18.4 Å². The number of nitrogens with zero attached hydrogens (tertiary/aromatic N) is 1. The van der Waals surface area contributed by atoms with Crippen LogP contribution in [0, 0.1) is 5.92 Å². The van der Waals surface area contributed by atoms with E-state index in [1.807, 2.05) is 48.5 Å². The summed E-state index contributed by atoms with van der Waals surface area (Å²) in [5.74, 6) is -0.510. The summed E-state index contributed by atoms with van der Waals surface area (Å²) in [6.45, 7) is 0.406. The van der Waals surface area contributed by atoms with Crippen LogP contribution in [0.2, 0.25) is 0 Å². The van der Waals surface area contributed by atoms with Crippen LogP contribution in [0.3, 0.4) is 0 Å². The zero-order chi connectivity index (χ0) is 16.4. The summed E-state index contributed by atoms with van der Waals surface area (Å²) >= 11 is 6.80. The van der Waals surface area contributed by atoms with E-state index in [1.165, 1.54) is 0 Å². The first-order valence-corrected chi connectivity index (χ1v) is 8.74. The largest absolute Gasteiger partial charge is 0.325 e. The Balaban J connectivity index is 1.71. The van der Waals surface area contributed by atoms with E-state index in [0.29, 0.717) is 12.2 Å². The van der Waals surface area contributed by atoms with Crippen LogP contribution in [0.15, 0.2) is 57.5 Å². The lowest BCUT2D eigenvalue weighted by Gasteiger charge is -2.16. The number of para-hydroxylation sites is 1. The van der Waals surface area contributed by atoms with Crippen molar-refractivity contribution in [3.8, 4) is 0 Å². The number of nitrogens with one attached hydrogen (secondary N) is 1. The summed E-state index contributed by atoms with van der Waals surface area (Å²) in [5, 5.41) is 2.89. The first-order valence-electron chi connectivity index (χ1n) is 7.16. The lowest BCUT2D eigenvalue weighted by atomic mass is 10.1. The van der Waals surface area contributed by atoms with E-state index in [2.05, 4.69) is 37.2 Å². The highest BCUT2D eigenvalue weighted by Crippen LogP contribution is 2.29. The van der Waals surface area contributed by atoms with Crippen LogP contribution < -0.4 is 10.2 Å². The minimum atomic E-state index is -0.349. The Bertz CT molecular complexity index is 750. The Labute approximate surface area is 151 Å². The van der Waals surface area contributed by atoms with E-state index in [0.717, 1.165) is 14.6 Å². The van der Waals surface area contributed by atoms with E-state index < -0.39 is 0 Å². The quantitative estimate of drug-likeness (QED) is 0.782. The Morgan fingerprint density at radius 2 is 1.87 bits per heavy atom. The minimum absolute atomic E-state index is 0.0220. The van der Waals surface area contributed by atoms with Gasteiger partial charge in [-0.25, -0.2) is 0 Å². The van der Waals surface area contributed by atoms with Crippen LogP contribution in [0.1, 0.15) is 6.42 Å². The Morgan fingerprint density at radius 3 is 2.57 bits per heavy atom. The van der Waals surface area contributed by atoms with Gasteiger partial charge in [-0.3, -0.25) is 9.59 Å². The summed E-state index contributed by atoms with van der Waals surface area (Å²) in [7, 11) is 0. The molecule has 2 aromatic rings. The molecule has 2 aromatic carbocycles. The van der Waals surface area contributed by atoms with Gasteiger partial charge in [0.05, 0.1) is 11.6 Å². The SMILES string of the molecule is O=C(Nc1ccc(Br)cc1Br)[C@H]1CC(=O)N(c2ccccc2)C1. The van der Waals surface area contributed by atoms with Gasteiger partial charge in [0.15, 0.2) is 0 Å². The van der Waals surface area contributed by atoms with E-state index in [-0.39, 0.29) is 24.2 Å². The van der Waals surface area contributed by atoms with Crippen molar-refractivity contribution in [2.75, 3.05) is 16.8 Å². The van der Waals surface area contributed by atoms with Crippen LogP contribution in [0.25, 0.3) is 0 Å². The monoisotopic (exact) mass is 436 g/mol. The lowest BCUT2D eigenvalue weighted by molar-refractivity contribution is -0.122. The van der Waals surface area contributed by atoms with Crippen LogP contribution in [0.4, 0.5) is 11.4 Å². The maximum absolute atomic E-state index is 12.5. The zero-order valence-electron chi connectivity index (χ0n) is 12.1. The molecule has 0 aromatic heterocycles. The van der Waals surface area contributed by atoms with Gasteiger partial charge < -0.3 is 10.2 Å². The van der Waals surface area contributed by atoms with E-state index >= 15 is 0 Å². The molecule has 1 fully saturated rings. The van der Waals surface area contributed by atoms with E-state index in [9.17, 15) is 9.59 Å². The molecule has 2 amide bonds. The molecular weight excluding hydrogens is 424 g/mol. The number of rotatable bonds is 3. The van der Waals surface area contributed by atoms with Crippen LogP contribution >= 0.6 is 31.9 Å².